The van der Waals surface area contributed by atoms with E-state index >= 15 is 0 Å². The zero-order valence-corrected chi connectivity index (χ0v) is 18.8. The molecule has 6 heteroatoms. The Kier molecular flexibility index (Phi) is 5.60. The van der Waals surface area contributed by atoms with Gasteiger partial charge in [-0.3, -0.25) is 14.4 Å². The van der Waals surface area contributed by atoms with Gasteiger partial charge in [-0.15, -0.1) is 0 Å². The third-order valence-electron chi connectivity index (χ3n) is 6.50. The third kappa shape index (κ3) is 3.56. The molecule has 0 spiro atoms. The van der Waals surface area contributed by atoms with Gasteiger partial charge in [0.2, 0.25) is 5.91 Å². The maximum Gasteiger partial charge on any atom is 0.266 e. The van der Waals surface area contributed by atoms with E-state index in [-0.39, 0.29) is 11.8 Å². The minimum atomic E-state index is -0.856. The Morgan fingerprint density at radius 1 is 0.758 bits per heavy atom. The summed E-state index contributed by atoms with van der Waals surface area (Å²) in [5, 5.41) is 1.74. The van der Waals surface area contributed by atoms with Gasteiger partial charge >= 0.3 is 0 Å². The van der Waals surface area contributed by atoms with Crippen LogP contribution in [0.25, 0.3) is 0 Å². The van der Waals surface area contributed by atoms with Gasteiger partial charge in [-0.2, -0.15) is 0 Å². The van der Waals surface area contributed by atoms with Gasteiger partial charge in [0, 0.05) is 18.8 Å². The van der Waals surface area contributed by atoms with Crippen LogP contribution in [0.3, 0.4) is 0 Å². The van der Waals surface area contributed by atoms with Crippen LogP contribution in [0.2, 0.25) is 0 Å². The summed E-state index contributed by atoms with van der Waals surface area (Å²) >= 11 is 0. The predicted octanol–water partition coefficient (Wildman–Crippen LogP) is 4.58. The molecule has 2 amide bonds. The molecule has 6 nitrogen and oxygen atoms in total. The second-order valence-electron chi connectivity index (χ2n) is 8.27. The van der Waals surface area contributed by atoms with Gasteiger partial charge in [0.25, 0.3) is 5.91 Å². The Morgan fingerprint density at radius 2 is 1.33 bits per heavy atom. The van der Waals surface area contributed by atoms with Gasteiger partial charge in [0.15, 0.2) is 6.10 Å². The molecule has 0 aliphatic carbocycles. The van der Waals surface area contributed by atoms with Crippen molar-refractivity contribution in [2.75, 3.05) is 28.0 Å². The second-order valence-corrected chi connectivity index (χ2v) is 8.27. The van der Waals surface area contributed by atoms with Crippen LogP contribution in [0.1, 0.15) is 25.5 Å². The Balaban J connectivity index is 1.55. The van der Waals surface area contributed by atoms with E-state index in [0.717, 1.165) is 30.0 Å². The second kappa shape index (κ2) is 8.71. The Morgan fingerprint density at radius 3 is 1.91 bits per heavy atom. The molecule has 0 saturated carbocycles. The average Bonchev–Trinajstić information content (AvgIpc) is 3.37. The molecule has 2 aliphatic rings. The summed E-state index contributed by atoms with van der Waals surface area (Å²) in [6.07, 6.45) is -0.856. The van der Waals surface area contributed by atoms with Gasteiger partial charge in [-0.25, -0.2) is 9.96 Å². The van der Waals surface area contributed by atoms with Crippen molar-refractivity contribution in [3.63, 3.8) is 0 Å². The molecule has 0 aromatic heterocycles. The van der Waals surface area contributed by atoms with Crippen LogP contribution in [-0.4, -0.2) is 31.0 Å². The maximum absolute atomic E-state index is 13.6. The quantitative estimate of drug-likeness (QED) is 0.524. The number of hydrogen-bond acceptors (Lipinski definition) is 5. The molecule has 2 fully saturated rings. The number of anilines is 3. The van der Waals surface area contributed by atoms with Crippen LogP contribution in [0.4, 0.5) is 17.1 Å². The molecule has 168 valence electrons. The van der Waals surface area contributed by atoms with Crippen LogP contribution in [0, 0.1) is 5.92 Å². The van der Waals surface area contributed by atoms with Crippen molar-refractivity contribution in [1.29, 1.82) is 0 Å². The summed E-state index contributed by atoms with van der Waals surface area (Å²) in [6, 6.07) is 26.5. The lowest BCUT2D eigenvalue weighted by Crippen LogP contribution is -2.37. The number of para-hydroxylation sites is 2. The van der Waals surface area contributed by atoms with Crippen molar-refractivity contribution in [2.45, 2.75) is 26.0 Å². The topological polar surface area (TPSA) is 53.1 Å². The molecule has 33 heavy (non-hydrogen) atoms. The SMILES string of the molecule is CCN(CC)c1ccc([C@@H]2[C@@H]3C(=O)N(c4ccccc4)C(=O)[C@@H]3ON2c2ccccc2)cc1. The molecule has 2 heterocycles. The van der Waals surface area contributed by atoms with Crippen molar-refractivity contribution >= 4 is 28.9 Å². The number of carbonyl (C=O) groups excluding carboxylic acids is 2. The lowest BCUT2D eigenvalue weighted by atomic mass is 9.90. The van der Waals surface area contributed by atoms with Crippen LogP contribution < -0.4 is 14.9 Å². The van der Waals surface area contributed by atoms with Crippen LogP contribution in [-0.2, 0) is 14.4 Å². The van der Waals surface area contributed by atoms with Crippen molar-refractivity contribution in [1.82, 2.24) is 0 Å². The Bertz CT molecular complexity index is 1130. The molecular weight excluding hydrogens is 414 g/mol. The highest BCUT2D eigenvalue weighted by atomic mass is 16.7. The fourth-order valence-electron chi connectivity index (χ4n) is 4.85. The summed E-state index contributed by atoms with van der Waals surface area (Å²) in [5.41, 5.74) is 3.47. The number of amides is 2. The van der Waals surface area contributed by atoms with Gasteiger partial charge < -0.3 is 4.90 Å². The number of benzene rings is 3. The largest absolute Gasteiger partial charge is 0.372 e. The highest BCUT2D eigenvalue weighted by molar-refractivity contribution is 6.23. The zero-order chi connectivity index (χ0) is 22.9. The summed E-state index contributed by atoms with van der Waals surface area (Å²) < 4.78 is 0. The molecule has 3 aromatic carbocycles. The number of fused-ring (bicyclic) bond motifs is 1. The predicted molar refractivity (Wildman–Crippen MR) is 129 cm³/mol. The first-order chi connectivity index (χ1) is 16.1. The van der Waals surface area contributed by atoms with Gasteiger partial charge in [-0.1, -0.05) is 48.5 Å². The molecule has 3 atom stereocenters. The van der Waals surface area contributed by atoms with Gasteiger partial charge in [0.05, 0.1) is 17.4 Å². The summed E-state index contributed by atoms with van der Waals surface area (Å²) in [7, 11) is 0. The van der Waals surface area contributed by atoms with E-state index in [4.69, 9.17) is 4.84 Å². The number of hydrogen-bond donors (Lipinski definition) is 0. The van der Waals surface area contributed by atoms with Crippen molar-refractivity contribution < 1.29 is 14.4 Å². The van der Waals surface area contributed by atoms with E-state index in [1.807, 2.05) is 60.7 Å². The number of nitrogens with zero attached hydrogens (tertiary/aromatic N) is 3. The lowest BCUT2D eigenvalue weighted by molar-refractivity contribution is -0.126. The fourth-order valence-corrected chi connectivity index (χ4v) is 4.85. The molecule has 0 bridgehead atoms. The summed E-state index contributed by atoms with van der Waals surface area (Å²) in [5.74, 6) is -1.18. The monoisotopic (exact) mass is 441 g/mol. The van der Waals surface area contributed by atoms with Gasteiger partial charge in [-0.05, 0) is 55.8 Å². The first-order valence-corrected chi connectivity index (χ1v) is 11.4. The smallest absolute Gasteiger partial charge is 0.266 e. The number of hydroxylamine groups is 1. The van der Waals surface area contributed by atoms with Gasteiger partial charge in [0.1, 0.15) is 5.92 Å². The fraction of sp³-hybridized carbons (Fsp3) is 0.259. The molecule has 5 rings (SSSR count). The Hall–Kier alpha value is -3.64. The lowest BCUT2D eigenvalue weighted by Gasteiger charge is -2.29. The Labute approximate surface area is 193 Å². The highest BCUT2D eigenvalue weighted by Crippen LogP contribution is 2.47. The number of carbonyl (C=O) groups is 2. The first-order valence-electron chi connectivity index (χ1n) is 11.4. The molecular formula is C27H27N3O3. The molecule has 2 aliphatic heterocycles. The van der Waals surface area contributed by atoms with E-state index in [9.17, 15) is 9.59 Å². The average molecular weight is 442 g/mol. The molecule has 0 N–H and O–H groups in total. The van der Waals surface area contributed by atoms with Crippen LogP contribution in [0.5, 0.6) is 0 Å². The van der Waals surface area contributed by atoms with E-state index in [1.165, 1.54) is 4.90 Å². The molecule has 2 saturated heterocycles. The first kappa shape index (κ1) is 21.2. The molecule has 3 aromatic rings. The zero-order valence-electron chi connectivity index (χ0n) is 18.8. The minimum absolute atomic E-state index is 0.229. The van der Waals surface area contributed by atoms with Crippen LogP contribution >= 0.6 is 0 Å². The number of imide groups is 1. The summed E-state index contributed by atoms with van der Waals surface area (Å²) in [4.78, 5) is 36.7. The highest BCUT2D eigenvalue weighted by Gasteiger charge is 2.60. The van der Waals surface area contributed by atoms with Crippen LogP contribution in [0.15, 0.2) is 84.9 Å². The van der Waals surface area contributed by atoms with E-state index < -0.39 is 18.1 Å². The summed E-state index contributed by atoms with van der Waals surface area (Å²) in [6.45, 7) is 6.10. The number of rotatable bonds is 6. The third-order valence-corrected chi connectivity index (χ3v) is 6.50. The van der Waals surface area contributed by atoms with Crippen molar-refractivity contribution in [3.05, 3.63) is 90.5 Å². The molecule has 0 unspecified atom stereocenters. The molecule has 0 radical (unpaired) electrons. The standard InChI is InChI=1S/C27H27N3O3/c1-3-28(4-2)20-17-15-19(16-18-20)24-23-25(33-30(24)22-13-9-6-10-14-22)27(32)29(26(23)31)21-11-7-5-8-12-21/h5-18,23-25H,3-4H2,1-2H3/t23-,24+,25+/m0/s1. The van der Waals surface area contributed by atoms with E-state index in [1.54, 1.807) is 17.2 Å². The van der Waals surface area contributed by atoms with Crippen molar-refractivity contribution in [3.8, 4) is 0 Å². The van der Waals surface area contributed by atoms with E-state index in [2.05, 4.69) is 30.9 Å². The normalized spacial score (nSPS) is 22.1. The minimum Gasteiger partial charge on any atom is -0.372 e. The maximum atomic E-state index is 13.6. The van der Waals surface area contributed by atoms with Crippen molar-refractivity contribution in [2.24, 2.45) is 5.92 Å². The van der Waals surface area contributed by atoms with E-state index in [0.29, 0.717) is 5.69 Å².